The SMILES string of the molecule is Cc1ccc(NC(=O)N2CCC(C(F)C(F)F)C2)cc1-c1cc(NC(C)CO)nc(N2CCOCC2)c1.O=S(=O)(O)O. The molecule has 2 aromatic rings. The Morgan fingerprint density at radius 3 is 2.43 bits per heavy atom. The van der Waals surface area contributed by atoms with Crippen molar-refractivity contribution in [2.45, 2.75) is 38.9 Å². The van der Waals surface area contributed by atoms with E-state index in [2.05, 4.69) is 15.5 Å². The Morgan fingerprint density at radius 1 is 1.14 bits per heavy atom. The number of benzene rings is 1. The summed E-state index contributed by atoms with van der Waals surface area (Å²) >= 11 is 0. The molecule has 2 saturated heterocycles. The second kappa shape index (κ2) is 14.8. The van der Waals surface area contributed by atoms with Crippen molar-refractivity contribution in [3.05, 3.63) is 35.9 Å². The Kier molecular flexibility index (Phi) is 11.8. The standard InChI is InChI=1S/C26H34F3N5O3.H2O4S/c1-16-3-4-20(31-26(36)34-6-5-18(14-34)24(27)25(28)29)13-21(16)19-11-22(30-17(2)15-35)32-23(12-19)33-7-9-37-10-8-33;1-5(2,3)4/h3-4,11-13,17-18,24-25,35H,5-10,14-15H2,1-2H3,(H,30,32)(H,31,36);(H2,1,2,3,4). The van der Waals surface area contributed by atoms with Gasteiger partial charge in [-0.1, -0.05) is 6.07 Å². The number of ether oxygens (including phenoxy) is 1. The van der Waals surface area contributed by atoms with Crippen LogP contribution in [0.3, 0.4) is 0 Å². The smallest absolute Gasteiger partial charge is 0.394 e. The van der Waals surface area contributed by atoms with Gasteiger partial charge in [-0.15, -0.1) is 0 Å². The van der Waals surface area contributed by atoms with Gasteiger partial charge in [-0.3, -0.25) is 9.11 Å². The molecule has 0 saturated carbocycles. The molecule has 4 rings (SSSR count). The Bertz CT molecular complexity index is 1310. The molecular formula is C26H36F3N5O7S. The van der Waals surface area contributed by atoms with E-state index in [1.807, 2.05) is 38.1 Å². The van der Waals surface area contributed by atoms with Crippen LogP contribution in [0.15, 0.2) is 30.3 Å². The largest absolute Gasteiger partial charge is 0.394 e. The Hall–Kier alpha value is -3.18. The number of alkyl halides is 3. The number of aliphatic hydroxyl groups is 1. The highest BCUT2D eigenvalue weighted by Crippen LogP contribution is 2.32. The van der Waals surface area contributed by atoms with Gasteiger partial charge in [0.1, 0.15) is 11.6 Å². The van der Waals surface area contributed by atoms with E-state index in [0.717, 1.165) is 22.5 Å². The van der Waals surface area contributed by atoms with E-state index < -0.39 is 34.9 Å². The molecule has 1 aromatic carbocycles. The molecule has 234 valence electrons. The monoisotopic (exact) mass is 619 g/mol. The molecule has 12 nitrogen and oxygen atoms in total. The normalized spacial score (nSPS) is 18.7. The first-order chi connectivity index (χ1) is 19.7. The molecule has 2 aliphatic heterocycles. The maximum absolute atomic E-state index is 13.7. The number of aryl methyl sites for hydroxylation is 1. The summed E-state index contributed by atoms with van der Waals surface area (Å²) < 4.78 is 76.3. The van der Waals surface area contributed by atoms with Gasteiger partial charge in [0.2, 0.25) is 0 Å². The zero-order valence-corrected chi connectivity index (χ0v) is 24.0. The van der Waals surface area contributed by atoms with Crippen LogP contribution in [0.4, 0.5) is 35.3 Å². The molecule has 0 radical (unpaired) electrons. The lowest BCUT2D eigenvalue weighted by Gasteiger charge is -2.29. The molecule has 0 spiro atoms. The van der Waals surface area contributed by atoms with Gasteiger partial charge in [-0.25, -0.2) is 22.9 Å². The number of hydrogen-bond acceptors (Lipinski definition) is 8. The number of nitrogens with zero attached hydrogens (tertiary/aromatic N) is 3. The number of amides is 2. The summed E-state index contributed by atoms with van der Waals surface area (Å²) in [6, 6.07) is 8.79. The van der Waals surface area contributed by atoms with E-state index in [1.165, 1.54) is 4.90 Å². The van der Waals surface area contributed by atoms with Crippen molar-refractivity contribution in [1.82, 2.24) is 9.88 Å². The molecule has 5 N–H and O–H groups in total. The summed E-state index contributed by atoms with van der Waals surface area (Å²) in [7, 11) is -4.67. The minimum absolute atomic E-state index is 0.0403. The Labute approximate surface area is 242 Å². The van der Waals surface area contributed by atoms with Gasteiger partial charge < -0.3 is 30.3 Å². The van der Waals surface area contributed by atoms with Crippen molar-refractivity contribution >= 4 is 33.8 Å². The van der Waals surface area contributed by atoms with Crippen molar-refractivity contribution in [2.24, 2.45) is 5.92 Å². The first-order valence-corrected chi connectivity index (χ1v) is 14.7. The third kappa shape index (κ3) is 9.97. The maximum Gasteiger partial charge on any atom is 0.394 e. The average Bonchev–Trinajstić information content (AvgIpc) is 3.43. The number of nitrogens with one attached hydrogen (secondary N) is 2. The van der Waals surface area contributed by atoms with Crippen LogP contribution in [0.5, 0.6) is 0 Å². The summed E-state index contributed by atoms with van der Waals surface area (Å²) in [4.78, 5) is 21.1. The summed E-state index contributed by atoms with van der Waals surface area (Å²) in [5.41, 5.74) is 3.30. The lowest BCUT2D eigenvalue weighted by molar-refractivity contribution is 0.0192. The van der Waals surface area contributed by atoms with Crippen LogP contribution in [0.25, 0.3) is 11.1 Å². The van der Waals surface area contributed by atoms with Crippen molar-refractivity contribution < 1.29 is 45.3 Å². The highest BCUT2D eigenvalue weighted by molar-refractivity contribution is 7.79. The fraction of sp³-hybridized carbons (Fsp3) is 0.538. The van der Waals surface area contributed by atoms with E-state index in [1.54, 1.807) is 6.07 Å². The predicted molar refractivity (Wildman–Crippen MR) is 151 cm³/mol. The van der Waals surface area contributed by atoms with Crippen LogP contribution in [0.1, 0.15) is 18.9 Å². The highest BCUT2D eigenvalue weighted by atomic mass is 32.3. The number of carbonyl (C=O) groups excluding carboxylic acids is 1. The van der Waals surface area contributed by atoms with Gasteiger partial charge in [0.25, 0.3) is 6.43 Å². The number of morpholine rings is 1. The number of likely N-dealkylation sites (tertiary alicyclic amines) is 1. The van der Waals surface area contributed by atoms with E-state index in [0.29, 0.717) is 37.8 Å². The van der Waals surface area contributed by atoms with E-state index in [-0.39, 0.29) is 32.2 Å². The first-order valence-electron chi connectivity index (χ1n) is 13.3. The number of pyridine rings is 1. The van der Waals surface area contributed by atoms with Gasteiger partial charge in [-0.2, -0.15) is 8.42 Å². The molecule has 3 unspecified atom stereocenters. The molecule has 0 bridgehead atoms. The number of rotatable bonds is 8. The third-order valence-electron chi connectivity index (χ3n) is 6.82. The minimum atomic E-state index is -4.67. The average molecular weight is 620 g/mol. The second-order valence-corrected chi connectivity index (χ2v) is 11.0. The molecular weight excluding hydrogens is 583 g/mol. The first kappa shape index (κ1) is 33.3. The van der Waals surface area contributed by atoms with Crippen LogP contribution in [0.2, 0.25) is 0 Å². The molecule has 0 aliphatic carbocycles. The Morgan fingerprint density at radius 2 is 1.81 bits per heavy atom. The van der Waals surface area contributed by atoms with Crippen LogP contribution >= 0.6 is 0 Å². The number of carbonyl (C=O) groups is 1. The predicted octanol–water partition coefficient (Wildman–Crippen LogP) is 3.49. The lowest BCUT2D eigenvalue weighted by atomic mass is 10.00. The number of hydrogen-bond donors (Lipinski definition) is 5. The molecule has 2 aliphatic rings. The van der Waals surface area contributed by atoms with Crippen LogP contribution in [0, 0.1) is 12.8 Å². The second-order valence-electron chi connectivity index (χ2n) is 10.1. The van der Waals surface area contributed by atoms with Gasteiger partial charge in [-0.05, 0) is 61.2 Å². The molecule has 42 heavy (non-hydrogen) atoms. The summed E-state index contributed by atoms with van der Waals surface area (Å²) in [5, 5.41) is 15.6. The molecule has 3 atom stereocenters. The van der Waals surface area contributed by atoms with Gasteiger partial charge in [0.15, 0.2) is 6.17 Å². The van der Waals surface area contributed by atoms with Crippen LogP contribution < -0.4 is 15.5 Å². The van der Waals surface area contributed by atoms with Crippen molar-refractivity contribution in [3.8, 4) is 11.1 Å². The minimum Gasteiger partial charge on any atom is -0.394 e. The number of urea groups is 1. The van der Waals surface area contributed by atoms with Gasteiger partial charge in [0, 0.05) is 43.8 Å². The Balaban J connectivity index is 0.000000892. The molecule has 16 heteroatoms. The molecule has 1 aromatic heterocycles. The third-order valence-corrected chi connectivity index (χ3v) is 6.82. The topological polar surface area (TPSA) is 165 Å². The number of anilines is 3. The van der Waals surface area contributed by atoms with Crippen molar-refractivity contribution in [1.29, 1.82) is 0 Å². The highest BCUT2D eigenvalue weighted by Gasteiger charge is 2.36. The fourth-order valence-electron chi connectivity index (χ4n) is 4.65. The number of aromatic nitrogens is 1. The van der Waals surface area contributed by atoms with E-state index in [4.69, 9.17) is 27.2 Å². The summed E-state index contributed by atoms with van der Waals surface area (Å²) in [6.07, 6.45) is -5.07. The van der Waals surface area contributed by atoms with Gasteiger partial charge >= 0.3 is 16.4 Å². The zero-order valence-electron chi connectivity index (χ0n) is 23.2. The van der Waals surface area contributed by atoms with Crippen molar-refractivity contribution in [3.63, 3.8) is 0 Å². The van der Waals surface area contributed by atoms with Crippen LogP contribution in [-0.4, -0.2) is 103 Å². The lowest BCUT2D eigenvalue weighted by Crippen LogP contribution is -2.37. The quantitative estimate of drug-likeness (QED) is 0.276. The molecule has 3 heterocycles. The van der Waals surface area contributed by atoms with Crippen molar-refractivity contribution in [2.75, 3.05) is 61.5 Å². The van der Waals surface area contributed by atoms with Gasteiger partial charge in [0.05, 0.1) is 19.8 Å². The maximum atomic E-state index is 13.7. The van der Waals surface area contributed by atoms with E-state index >= 15 is 0 Å². The number of aliphatic hydroxyl groups excluding tert-OH is 1. The number of halogens is 3. The molecule has 2 fully saturated rings. The zero-order chi connectivity index (χ0) is 31.0. The van der Waals surface area contributed by atoms with E-state index in [9.17, 15) is 23.1 Å². The molecule has 2 amide bonds. The summed E-state index contributed by atoms with van der Waals surface area (Å²) in [5.74, 6) is 0.546. The summed E-state index contributed by atoms with van der Waals surface area (Å²) in [6.45, 7) is 6.62. The fourth-order valence-corrected chi connectivity index (χ4v) is 4.65. The van der Waals surface area contributed by atoms with Crippen LogP contribution in [-0.2, 0) is 15.1 Å².